The van der Waals surface area contributed by atoms with Gasteiger partial charge >= 0.3 is 0 Å². The summed E-state index contributed by atoms with van der Waals surface area (Å²) in [4.78, 5) is 24.8. The van der Waals surface area contributed by atoms with Crippen LogP contribution in [0.2, 0.25) is 0 Å². The molecule has 0 aliphatic heterocycles. The van der Waals surface area contributed by atoms with Crippen molar-refractivity contribution in [3.8, 4) is 22.8 Å². The van der Waals surface area contributed by atoms with Crippen LogP contribution in [0.1, 0.15) is 23.7 Å². The molecule has 1 N–H and O–H groups in total. The fourth-order valence-electron chi connectivity index (χ4n) is 2.84. The third kappa shape index (κ3) is 4.93. The highest BCUT2D eigenvalue weighted by molar-refractivity contribution is 5.76. The van der Waals surface area contributed by atoms with Gasteiger partial charge < -0.3 is 14.4 Å². The third-order valence-electron chi connectivity index (χ3n) is 4.36. The fraction of sp³-hybridized carbons (Fsp3) is 0.238. The van der Waals surface area contributed by atoms with Gasteiger partial charge in [0.15, 0.2) is 5.82 Å². The van der Waals surface area contributed by atoms with Gasteiger partial charge in [-0.2, -0.15) is 9.97 Å². The van der Waals surface area contributed by atoms with Crippen molar-refractivity contribution in [3.05, 3.63) is 66.1 Å². The van der Waals surface area contributed by atoms with E-state index in [1.165, 1.54) is 0 Å². The highest BCUT2D eigenvalue weighted by Gasteiger charge is 2.12. The Morgan fingerprint density at radius 2 is 1.93 bits per heavy atom. The SMILES string of the molecule is Cc1cccc(-c2noc(CCC(=O)NCCc3noc(-c4cccnc4)n3)n2)c1. The summed E-state index contributed by atoms with van der Waals surface area (Å²) in [5.41, 5.74) is 2.76. The number of hydrogen-bond acceptors (Lipinski definition) is 8. The molecular formula is C21H20N6O3. The molecule has 4 aromatic rings. The number of aryl methyl sites for hydroxylation is 2. The van der Waals surface area contributed by atoms with E-state index in [0.29, 0.717) is 42.8 Å². The summed E-state index contributed by atoms with van der Waals surface area (Å²) in [6, 6.07) is 11.5. The van der Waals surface area contributed by atoms with Gasteiger partial charge in [-0.3, -0.25) is 9.78 Å². The molecule has 9 heteroatoms. The number of nitrogens with one attached hydrogen (secondary N) is 1. The van der Waals surface area contributed by atoms with Crippen LogP contribution in [0.15, 0.2) is 57.8 Å². The maximum atomic E-state index is 12.1. The number of rotatable bonds is 8. The zero-order valence-corrected chi connectivity index (χ0v) is 16.4. The Hall–Kier alpha value is -3.88. The average molecular weight is 404 g/mol. The molecule has 4 rings (SSSR count). The second kappa shape index (κ2) is 9.08. The lowest BCUT2D eigenvalue weighted by atomic mass is 10.1. The van der Waals surface area contributed by atoms with Gasteiger partial charge in [-0.1, -0.05) is 34.1 Å². The minimum absolute atomic E-state index is 0.110. The van der Waals surface area contributed by atoms with Gasteiger partial charge in [-0.05, 0) is 25.1 Å². The summed E-state index contributed by atoms with van der Waals surface area (Å²) in [7, 11) is 0. The summed E-state index contributed by atoms with van der Waals surface area (Å²) >= 11 is 0. The van der Waals surface area contributed by atoms with Crippen molar-refractivity contribution in [2.24, 2.45) is 0 Å². The van der Waals surface area contributed by atoms with Gasteiger partial charge in [0.05, 0.1) is 5.56 Å². The van der Waals surface area contributed by atoms with E-state index in [-0.39, 0.29) is 12.3 Å². The predicted molar refractivity (Wildman–Crippen MR) is 107 cm³/mol. The lowest BCUT2D eigenvalue weighted by Crippen LogP contribution is -2.26. The molecule has 0 atom stereocenters. The highest BCUT2D eigenvalue weighted by atomic mass is 16.5. The summed E-state index contributed by atoms with van der Waals surface area (Å²) in [5.74, 6) is 1.77. The molecule has 0 aliphatic carbocycles. The molecule has 152 valence electrons. The molecule has 0 bridgehead atoms. The topological polar surface area (TPSA) is 120 Å². The maximum absolute atomic E-state index is 12.1. The molecule has 30 heavy (non-hydrogen) atoms. The minimum atomic E-state index is -0.110. The second-order valence-corrected chi connectivity index (χ2v) is 6.74. The van der Waals surface area contributed by atoms with Crippen LogP contribution < -0.4 is 5.32 Å². The lowest BCUT2D eigenvalue weighted by Gasteiger charge is -2.01. The van der Waals surface area contributed by atoms with E-state index < -0.39 is 0 Å². The molecule has 9 nitrogen and oxygen atoms in total. The predicted octanol–water partition coefficient (Wildman–Crippen LogP) is 2.78. The molecule has 0 unspecified atom stereocenters. The summed E-state index contributed by atoms with van der Waals surface area (Å²) < 4.78 is 10.5. The van der Waals surface area contributed by atoms with Crippen LogP contribution in [0.3, 0.4) is 0 Å². The number of carbonyl (C=O) groups is 1. The van der Waals surface area contributed by atoms with E-state index in [1.54, 1.807) is 18.5 Å². The van der Waals surface area contributed by atoms with Crippen molar-refractivity contribution in [1.82, 2.24) is 30.6 Å². The van der Waals surface area contributed by atoms with E-state index in [2.05, 4.69) is 30.6 Å². The van der Waals surface area contributed by atoms with Gasteiger partial charge in [0, 0.05) is 43.8 Å². The number of benzene rings is 1. The standard InChI is InChI=1S/C21H20N6O3/c1-14-4-2-5-15(12-14)20-25-19(29-27-20)8-7-18(28)23-11-9-17-24-21(30-26-17)16-6-3-10-22-13-16/h2-6,10,12-13H,7-9,11H2,1H3,(H,23,28). The fourth-order valence-corrected chi connectivity index (χ4v) is 2.84. The van der Waals surface area contributed by atoms with Gasteiger partial charge in [0.2, 0.25) is 17.6 Å². The first-order valence-electron chi connectivity index (χ1n) is 9.57. The molecule has 0 radical (unpaired) electrons. The minimum Gasteiger partial charge on any atom is -0.356 e. The summed E-state index contributed by atoms with van der Waals surface area (Å²) in [6.45, 7) is 2.41. The van der Waals surface area contributed by atoms with E-state index in [0.717, 1.165) is 16.7 Å². The van der Waals surface area contributed by atoms with Crippen molar-refractivity contribution < 1.29 is 13.8 Å². The quantitative estimate of drug-likeness (QED) is 0.476. The normalized spacial score (nSPS) is 10.8. The van der Waals surface area contributed by atoms with Crippen LogP contribution in [-0.4, -0.2) is 37.7 Å². The largest absolute Gasteiger partial charge is 0.356 e. The van der Waals surface area contributed by atoms with Gasteiger partial charge in [0.1, 0.15) is 0 Å². The monoisotopic (exact) mass is 404 g/mol. The third-order valence-corrected chi connectivity index (χ3v) is 4.36. The van der Waals surface area contributed by atoms with Crippen LogP contribution in [-0.2, 0) is 17.6 Å². The lowest BCUT2D eigenvalue weighted by molar-refractivity contribution is -0.121. The number of aromatic nitrogens is 5. The molecule has 0 spiro atoms. The smallest absolute Gasteiger partial charge is 0.259 e. The van der Waals surface area contributed by atoms with Crippen molar-refractivity contribution in [2.75, 3.05) is 6.54 Å². The summed E-state index contributed by atoms with van der Waals surface area (Å²) in [6.07, 6.45) is 4.42. The van der Waals surface area contributed by atoms with Gasteiger partial charge in [-0.25, -0.2) is 0 Å². The van der Waals surface area contributed by atoms with E-state index in [4.69, 9.17) is 9.05 Å². The molecule has 3 aromatic heterocycles. The molecule has 0 saturated heterocycles. The average Bonchev–Trinajstić information content (AvgIpc) is 3.43. The number of carbonyl (C=O) groups excluding carboxylic acids is 1. The maximum Gasteiger partial charge on any atom is 0.259 e. The Kier molecular flexibility index (Phi) is 5.88. The molecule has 1 aromatic carbocycles. The van der Waals surface area contributed by atoms with Crippen LogP contribution >= 0.6 is 0 Å². The number of pyridine rings is 1. The van der Waals surface area contributed by atoms with E-state index in [9.17, 15) is 4.79 Å². The first-order chi connectivity index (χ1) is 14.7. The Morgan fingerprint density at radius 3 is 2.77 bits per heavy atom. The first-order valence-corrected chi connectivity index (χ1v) is 9.57. The second-order valence-electron chi connectivity index (χ2n) is 6.74. The zero-order chi connectivity index (χ0) is 20.8. The van der Waals surface area contributed by atoms with Crippen LogP contribution in [0.4, 0.5) is 0 Å². The molecular weight excluding hydrogens is 384 g/mol. The Balaban J connectivity index is 1.22. The van der Waals surface area contributed by atoms with Crippen molar-refractivity contribution >= 4 is 5.91 Å². The molecule has 0 aliphatic rings. The Morgan fingerprint density at radius 1 is 1.03 bits per heavy atom. The molecule has 0 fully saturated rings. The van der Waals surface area contributed by atoms with Crippen molar-refractivity contribution in [2.45, 2.75) is 26.2 Å². The number of hydrogen-bond donors (Lipinski definition) is 1. The first kappa shape index (κ1) is 19.4. The zero-order valence-electron chi connectivity index (χ0n) is 16.4. The van der Waals surface area contributed by atoms with Gasteiger partial charge in [0.25, 0.3) is 5.89 Å². The van der Waals surface area contributed by atoms with E-state index in [1.807, 2.05) is 37.3 Å². The Labute approximate surface area is 172 Å². The van der Waals surface area contributed by atoms with Crippen LogP contribution in [0.25, 0.3) is 22.8 Å². The number of nitrogens with zero attached hydrogens (tertiary/aromatic N) is 5. The van der Waals surface area contributed by atoms with Crippen molar-refractivity contribution in [1.29, 1.82) is 0 Å². The van der Waals surface area contributed by atoms with Crippen LogP contribution in [0, 0.1) is 6.92 Å². The van der Waals surface area contributed by atoms with Gasteiger partial charge in [-0.15, -0.1) is 0 Å². The molecule has 3 heterocycles. The highest BCUT2D eigenvalue weighted by Crippen LogP contribution is 2.17. The van der Waals surface area contributed by atoms with E-state index >= 15 is 0 Å². The molecule has 1 amide bonds. The van der Waals surface area contributed by atoms with Crippen LogP contribution in [0.5, 0.6) is 0 Å². The summed E-state index contributed by atoms with van der Waals surface area (Å²) in [5, 5.41) is 10.7. The Bertz CT molecular complexity index is 1120. The molecule has 0 saturated carbocycles. The number of amides is 1. The van der Waals surface area contributed by atoms with Crippen molar-refractivity contribution in [3.63, 3.8) is 0 Å².